The fourth-order valence-electron chi connectivity index (χ4n) is 1.97. The molecule has 2 unspecified atom stereocenters. The molecule has 16 heavy (non-hydrogen) atoms. The number of hydrogen-bond acceptors (Lipinski definition) is 2. The molecule has 4 heteroatoms. The number of benzene rings is 1. The van der Waals surface area contributed by atoms with Crippen LogP contribution in [0.25, 0.3) is 0 Å². The minimum atomic E-state index is 0. The van der Waals surface area contributed by atoms with E-state index in [1.807, 2.05) is 19.1 Å². The Bertz CT molecular complexity index is 355. The zero-order valence-electron chi connectivity index (χ0n) is 9.59. The van der Waals surface area contributed by atoms with Crippen LogP contribution in [0.2, 0.25) is 5.02 Å². The normalized spacial score (nSPS) is 23.9. The molecule has 0 amide bonds. The Balaban J connectivity index is 0.00000128. The summed E-state index contributed by atoms with van der Waals surface area (Å²) in [6.07, 6.45) is 1.56. The van der Waals surface area contributed by atoms with Gasteiger partial charge in [-0.2, -0.15) is 0 Å². The summed E-state index contributed by atoms with van der Waals surface area (Å²) in [7, 11) is 0. The highest BCUT2D eigenvalue weighted by atomic mass is 35.5. The third-order valence-electron chi connectivity index (χ3n) is 2.95. The molecule has 2 N–H and O–H groups in total. The lowest BCUT2D eigenvalue weighted by molar-refractivity contribution is 0.628. The Morgan fingerprint density at radius 1 is 1.44 bits per heavy atom. The number of anilines is 1. The fourth-order valence-corrected chi connectivity index (χ4v) is 2.15. The van der Waals surface area contributed by atoms with Gasteiger partial charge in [-0.1, -0.05) is 24.6 Å². The van der Waals surface area contributed by atoms with Crippen molar-refractivity contribution in [1.82, 2.24) is 5.32 Å². The summed E-state index contributed by atoms with van der Waals surface area (Å²) in [5.74, 6) is 0.752. The van der Waals surface area contributed by atoms with E-state index in [4.69, 9.17) is 11.6 Å². The molecule has 1 aliphatic rings. The van der Waals surface area contributed by atoms with Crippen LogP contribution >= 0.6 is 24.0 Å². The van der Waals surface area contributed by atoms with Crippen molar-refractivity contribution in [3.63, 3.8) is 0 Å². The summed E-state index contributed by atoms with van der Waals surface area (Å²) >= 11 is 6.07. The fraction of sp³-hybridized carbons (Fsp3) is 0.500. The summed E-state index contributed by atoms with van der Waals surface area (Å²) in [4.78, 5) is 0. The lowest BCUT2D eigenvalue weighted by atomic mass is 10.1. The number of halogens is 2. The molecule has 0 spiro atoms. The van der Waals surface area contributed by atoms with Crippen molar-refractivity contribution in [2.45, 2.75) is 26.4 Å². The summed E-state index contributed by atoms with van der Waals surface area (Å²) in [6.45, 7) is 5.40. The van der Waals surface area contributed by atoms with Crippen molar-refractivity contribution in [2.75, 3.05) is 11.9 Å². The number of nitrogens with one attached hydrogen (secondary N) is 2. The van der Waals surface area contributed by atoms with Crippen molar-refractivity contribution in [3.8, 4) is 0 Å². The molecule has 90 valence electrons. The lowest BCUT2D eigenvalue weighted by Crippen LogP contribution is -2.30. The first-order valence-corrected chi connectivity index (χ1v) is 5.79. The molecule has 2 rings (SSSR count). The van der Waals surface area contributed by atoms with E-state index in [1.165, 1.54) is 6.42 Å². The van der Waals surface area contributed by atoms with Crippen LogP contribution in [0, 0.1) is 12.8 Å². The Morgan fingerprint density at radius 2 is 2.19 bits per heavy atom. The summed E-state index contributed by atoms with van der Waals surface area (Å²) in [6, 6.07) is 5.98. The SMILES string of the molecule is Cc1c(Cl)cccc1NC1CC(C)CN1.Cl. The van der Waals surface area contributed by atoms with Crippen molar-refractivity contribution < 1.29 is 0 Å². The molecule has 1 aromatic rings. The zero-order valence-corrected chi connectivity index (χ0v) is 11.2. The van der Waals surface area contributed by atoms with Gasteiger partial charge in [0.15, 0.2) is 0 Å². The van der Waals surface area contributed by atoms with Crippen LogP contribution in [-0.4, -0.2) is 12.7 Å². The van der Waals surface area contributed by atoms with Crippen LogP contribution in [-0.2, 0) is 0 Å². The van der Waals surface area contributed by atoms with E-state index < -0.39 is 0 Å². The molecular formula is C12H18Cl2N2. The van der Waals surface area contributed by atoms with Gasteiger partial charge in [0.2, 0.25) is 0 Å². The first-order chi connectivity index (χ1) is 7.16. The molecule has 2 nitrogen and oxygen atoms in total. The van der Waals surface area contributed by atoms with Gasteiger partial charge in [0.25, 0.3) is 0 Å². The van der Waals surface area contributed by atoms with Gasteiger partial charge in [-0.15, -0.1) is 12.4 Å². The van der Waals surface area contributed by atoms with Crippen molar-refractivity contribution >= 4 is 29.7 Å². The van der Waals surface area contributed by atoms with Crippen LogP contribution in [0.5, 0.6) is 0 Å². The van der Waals surface area contributed by atoms with Crippen LogP contribution in [0.4, 0.5) is 5.69 Å². The second-order valence-corrected chi connectivity index (χ2v) is 4.77. The van der Waals surface area contributed by atoms with Crippen molar-refractivity contribution in [1.29, 1.82) is 0 Å². The highest BCUT2D eigenvalue weighted by Crippen LogP contribution is 2.25. The van der Waals surface area contributed by atoms with E-state index in [0.29, 0.717) is 6.17 Å². The first-order valence-electron chi connectivity index (χ1n) is 5.42. The third kappa shape index (κ3) is 3.03. The molecule has 1 heterocycles. The highest BCUT2D eigenvalue weighted by Gasteiger charge is 2.20. The van der Waals surface area contributed by atoms with Gasteiger partial charge in [0.05, 0.1) is 6.17 Å². The van der Waals surface area contributed by atoms with Gasteiger partial charge in [-0.25, -0.2) is 0 Å². The van der Waals surface area contributed by atoms with Crippen LogP contribution in [0.15, 0.2) is 18.2 Å². The van der Waals surface area contributed by atoms with Crippen molar-refractivity contribution in [3.05, 3.63) is 28.8 Å². The smallest absolute Gasteiger partial charge is 0.0771 e. The van der Waals surface area contributed by atoms with Crippen molar-refractivity contribution in [2.24, 2.45) is 5.92 Å². The molecule has 0 saturated carbocycles. The Labute approximate surface area is 108 Å². The minimum absolute atomic E-state index is 0. The molecule has 1 aliphatic heterocycles. The number of rotatable bonds is 2. The monoisotopic (exact) mass is 260 g/mol. The maximum absolute atomic E-state index is 6.07. The Kier molecular flexibility index (Phi) is 4.90. The van der Waals surface area contributed by atoms with Gasteiger partial charge in [-0.3, -0.25) is 5.32 Å². The highest BCUT2D eigenvalue weighted by molar-refractivity contribution is 6.31. The van der Waals surface area contributed by atoms with Gasteiger partial charge in [0.1, 0.15) is 0 Å². The van der Waals surface area contributed by atoms with Crippen LogP contribution in [0.1, 0.15) is 18.9 Å². The van der Waals surface area contributed by atoms with E-state index in [2.05, 4.69) is 23.6 Å². The molecule has 1 fully saturated rings. The maximum Gasteiger partial charge on any atom is 0.0771 e. The Hall–Kier alpha value is -0.440. The summed E-state index contributed by atoms with van der Waals surface area (Å²) in [5.41, 5.74) is 2.26. The van der Waals surface area contributed by atoms with E-state index in [9.17, 15) is 0 Å². The lowest BCUT2D eigenvalue weighted by Gasteiger charge is -2.16. The second kappa shape index (κ2) is 5.76. The average Bonchev–Trinajstić information content (AvgIpc) is 2.59. The standard InChI is InChI=1S/C12H17ClN2.ClH/c1-8-6-12(14-7-8)15-11-5-3-4-10(13)9(11)2;/h3-5,8,12,14-15H,6-7H2,1-2H3;1H. The molecule has 1 aromatic carbocycles. The zero-order chi connectivity index (χ0) is 10.8. The molecule has 0 bridgehead atoms. The van der Waals surface area contributed by atoms with Crippen LogP contribution < -0.4 is 10.6 Å². The molecule has 0 radical (unpaired) electrons. The minimum Gasteiger partial charge on any atom is -0.370 e. The van der Waals surface area contributed by atoms with Gasteiger partial charge in [-0.05, 0) is 43.5 Å². The van der Waals surface area contributed by atoms with Gasteiger partial charge >= 0.3 is 0 Å². The van der Waals surface area contributed by atoms with E-state index >= 15 is 0 Å². The van der Waals surface area contributed by atoms with E-state index in [-0.39, 0.29) is 12.4 Å². The van der Waals surface area contributed by atoms with Crippen LogP contribution in [0.3, 0.4) is 0 Å². The second-order valence-electron chi connectivity index (χ2n) is 4.36. The van der Waals surface area contributed by atoms with E-state index in [1.54, 1.807) is 0 Å². The molecule has 1 saturated heterocycles. The maximum atomic E-state index is 6.07. The largest absolute Gasteiger partial charge is 0.370 e. The predicted molar refractivity (Wildman–Crippen MR) is 72.6 cm³/mol. The summed E-state index contributed by atoms with van der Waals surface area (Å²) < 4.78 is 0. The summed E-state index contributed by atoms with van der Waals surface area (Å²) in [5, 5.41) is 7.76. The van der Waals surface area contributed by atoms with Gasteiger partial charge < -0.3 is 5.32 Å². The van der Waals surface area contributed by atoms with Gasteiger partial charge in [0, 0.05) is 10.7 Å². The first kappa shape index (κ1) is 13.6. The molecule has 0 aromatic heterocycles. The molecule has 2 atom stereocenters. The topological polar surface area (TPSA) is 24.1 Å². The molecule has 0 aliphatic carbocycles. The quantitative estimate of drug-likeness (QED) is 0.852. The predicted octanol–water partition coefficient (Wildman–Crippen LogP) is 3.44. The number of hydrogen-bond donors (Lipinski definition) is 2. The third-order valence-corrected chi connectivity index (χ3v) is 3.36. The molecular weight excluding hydrogens is 243 g/mol. The van der Waals surface area contributed by atoms with E-state index in [0.717, 1.165) is 28.7 Å². The Morgan fingerprint density at radius 3 is 2.81 bits per heavy atom. The average molecular weight is 261 g/mol.